The summed E-state index contributed by atoms with van der Waals surface area (Å²) < 4.78 is 13.7. The molecule has 2 aromatic carbocycles. The Morgan fingerprint density at radius 1 is 1.16 bits per heavy atom. The summed E-state index contributed by atoms with van der Waals surface area (Å²) in [7, 11) is 0. The van der Waals surface area contributed by atoms with Crippen molar-refractivity contribution in [2.75, 3.05) is 0 Å². The molecule has 2 aromatic rings. The van der Waals surface area contributed by atoms with E-state index in [1.165, 1.54) is 24.3 Å². The zero-order valence-corrected chi connectivity index (χ0v) is 10.3. The molecule has 1 heterocycles. The fraction of sp³-hybridized carbons (Fsp3) is 0. The summed E-state index contributed by atoms with van der Waals surface area (Å²) in [4.78, 5) is 12.3. The first kappa shape index (κ1) is 11.9. The Hall–Kier alpha value is -2.20. The van der Waals surface area contributed by atoms with Crippen LogP contribution in [0.4, 0.5) is 10.1 Å². The first-order valence-electron chi connectivity index (χ1n) is 5.53. The molecule has 0 radical (unpaired) electrons. The minimum Gasteiger partial charge on any atom is -0.618 e. The van der Waals surface area contributed by atoms with Gasteiger partial charge in [-0.2, -0.15) is 4.74 Å². The van der Waals surface area contributed by atoms with Gasteiger partial charge < -0.3 is 5.21 Å². The Kier molecular flexibility index (Phi) is 2.61. The SMILES string of the molecule is O=C1C(c2cccc(F)c2)=[N+]([O-])c2cccc(Cl)c21. The van der Waals surface area contributed by atoms with Gasteiger partial charge in [0, 0.05) is 6.07 Å². The summed E-state index contributed by atoms with van der Waals surface area (Å²) in [6.07, 6.45) is 0. The number of hydrogen-bond donors (Lipinski definition) is 0. The third kappa shape index (κ3) is 1.72. The van der Waals surface area contributed by atoms with Gasteiger partial charge in [-0.1, -0.05) is 23.7 Å². The lowest BCUT2D eigenvalue weighted by Gasteiger charge is -2.01. The summed E-state index contributed by atoms with van der Waals surface area (Å²) in [5, 5.41) is 12.4. The third-order valence-electron chi connectivity index (χ3n) is 2.95. The van der Waals surface area contributed by atoms with Crippen LogP contribution < -0.4 is 0 Å². The van der Waals surface area contributed by atoms with Crippen molar-refractivity contribution in [1.29, 1.82) is 0 Å². The number of carbonyl (C=O) groups is 1. The van der Waals surface area contributed by atoms with E-state index in [9.17, 15) is 14.4 Å². The van der Waals surface area contributed by atoms with Crippen LogP contribution in [0.3, 0.4) is 0 Å². The Bertz CT molecular complexity index is 740. The molecule has 0 aliphatic carbocycles. The van der Waals surface area contributed by atoms with Crippen LogP contribution in [0.25, 0.3) is 0 Å². The van der Waals surface area contributed by atoms with Gasteiger partial charge in [0.05, 0.1) is 10.6 Å². The molecular formula is C14H7ClFNO2. The Morgan fingerprint density at radius 2 is 1.89 bits per heavy atom. The molecule has 1 aliphatic rings. The summed E-state index contributed by atoms with van der Waals surface area (Å²) in [5.74, 6) is -0.991. The highest BCUT2D eigenvalue weighted by Crippen LogP contribution is 2.33. The second kappa shape index (κ2) is 4.17. The predicted molar refractivity (Wildman–Crippen MR) is 69.6 cm³/mol. The second-order valence-electron chi connectivity index (χ2n) is 4.12. The van der Waals surface area contributed by atoms with Crippen molar-refractivity contribution in [2.45, 2.75) is 0 Å². The van der Waals surface area contributed by atoms with Crippen molar-refractivity contribution in [3.63, 3.8) is 0 Å². The molecule has 0 saturated carbocycles. The minimum atomic E-state index is -0.506. The summed E-state index contributed by atoms with van der Waals surface area (Å²) in [5.41, 5.74) is 0.491. The Balaban J connectivity index is 2.23. The molecule has 0 fully saturated rings. The zero-order chi connectivity index (χ0) is 13.6. The number of nitrogens with zero attached hydrogens (tertiary/aromatic N) is 1. The van der Waals surface area contributed by atoms with Gasteiger partial charge in [-0.15, -0.1) is 0 Å². The minimum absolute atomic E-state index is 0.109. The standard InChI is InChI=1S/C14H7ClFNO2/c15-10-5-2-6-11-12(10)14(18)13(17(11)19)8-3-1-4-9(16)7-8/h1-7H. The molecule has 0 spiro atoms. The first-order valence-corrected chi connectivity index (χ1v) is 5.91. The molecule has 0 unspecified atom stereocenters. The monoisotopic (exact) mass is 275 g/mol. The lowest BCUT2D eigenvalue weighted by molar-refractivity contribution is -0.355. The topological polar surface area (TPSA) is 43.1 Å². The highest BCUT2D eigenvalue weighted by Gasteiger charge is 2.38. The highest BCUT2D eigenvalue weighted by atomic mass is 35.5. The molecule has 19 heavy (non-hydrogen) atoms. The molecule has 0 amide bonds. The van der Waals surface area contributed by atoms with Gasteiger partial charge in [0.2, 0.25) is 5.69 Å². The number of hydrogen-bond acceptors (Lipinski definition) is 2. The first-order chi connectivity index (χ1) is 9.09. The van der Waals surface area contributed by atoms with Crippen LogP contribution >= 0.6 is 11.6 Å². The maximum absolute atomic E-state index is 13.2. The van der Waals surface area contributed by atoms with Crippen LogP contribution in [-0.2, 0) is 0 Å². The highest BCUT2D eigenvalue weighted by molar-refractivity contribution is 6.54. The number of benzene rings is 2. The van der Waals surface area contributed by atoms with Gasteiger partial charge in [-0.3, -0.25) is 4.79 Å². The van der Waals surface area contributed by atoms with Gasteiger partial charge in [0.25, 0.3) is 11.5 Å². The van der Waals surface area contributed by atoms with Crippen LogP contribution in [0, 0.1) is 11.0 Å². The van der Waals surface area contributed by atoms with Gasteiger partial charge in [-0.05, 0) is 24.3 Å². The van der Waals surface area contributed by atoms with Crippen LogP contribution in [0.15, 0.2) is 42.5 Å². The Morgan fingerprint density at radius 3 is 2.58 bits per heavy atom. The van der Waals surface area contributed by atoms with Crippen LogP contribution in [0.2, 0.25) is 5.02 Å². The van der Waals surface area contributed by atoms with Crippen molar-refractivity contribution < 1.29 is 13.9 Å². The molecule has 0 N–H and O–H groups in total. The summed E-state index contributed by atoms with van der Waals surface area (Å²) in [6.45, 7) is 0. The van der Waals surface area contributed by atoms with Gasteiger partial charge in [-0.25, -0.2) is 4.39 Å². The van der Waals surface area contributed by atoms with E-state index < -0.39 is 11.6 Å². The van der Waals surface area contributed by atoms with E-state index in [4.69, 9.17) is 11.6 Å². The van der Waals surface area contributed by atoms with Gasteiger partial charge >= 0.3 is 0 Å². The molecule has 0 saturated heterocycles. The second-order valence-corrected chi connectivity index (χ2v) is 4.52. The largest absolute Gasteiger partial charge is 0.618 e. The van der Waals surface area contributed by atoms with E-state index in [1.807, 2.05) is 0 Å². The van der Waals surface area contributed by atoms with Crippen molar-refractivity contribution in [3.8, 4) is 0 Å². The van der Waals surface area contributed by atoms with Crippen LogP contribution in [0.1, 0.15) is 15.9 Å². The smallest absolute Gasteiger partial charge is 0.273 e. The molecule has 3 rings (SSSR count). The van der Waals surface area contributed by atoms with Crippen LogP contribution in [-0.4, -0.2) is 16.2 Å². The van der Waals surface area contributed by atoms with Crippen LogP contribution in [0.5, 0.6) is 0 Å². The maximum Gasteiger partial charge on any atom is 0.273 e. The molecule has 1 aliphatic heterocycles. The number of ketones is 1. The number of halogens is 2. The zero-order valence-electron chi connectivity index (χ0n) is 9.56. The molecule has 0 bridgehead atoms. The van der Waals surface area contributed by atoms with E-state index in [-0.39, 0.29) is 27.5 Å². The van der Waals surface area contributed by atoms with E-state index in [0.717, 1.165) is 6.07 Å². The lowest BCUT2D eigenvalue weighted by atomic mass is 10.0. The molecule has 94 valence electrons. The predicted octanol–water partition coefficient (Wildman–Crippen LogP) is 3.31. The number of Topliss-reactive ketones (excluding diaryl/α,β-unsaturated/α-hetero) is 1. The average molecular weight is 276 g/mol. The fourth-order valence-electron chi connectivity index (χ4n) is 2.12. The molecule has 3 nitrogen and oxygen atoms in total. The lowest BCUT2D eigenvalue weighted by Crippen LogP contribution is -2.16. The molecule has 5 heteroatoms. The van der Waals surface area contributed by atoms with Gasteiger partial charge in [0.1, 0.15) is 11.4 Å². The molecule has 0 aromatic heterocycles. The van der Waals surface area contributed by atoms with E-state index in [0.29, 0.717) is 4.74 Å². The maximum atomic E-state index is 13.2. The van der Waals surface area contributed by atoms with Gasteiger partial charge in [0.15, 0.2) is 0 Å². The van der Waals surface area contributed by atoms with E-state index >= 15 is 0 Å². The average Bonchev–Trinajstić information content (AvgIpc) is 2.63. The number of rotatable bonds is 1. The van der Waals surface area contributed by atoms with E-state index in [2.05, 4.69) is 0 Å². The Labute approximate surface area is 113 Å². The molecular weight excluding hydrogens is 269 g/mol. The quantitative estimate of drug-likeness (QED) is 0.592. The van der Waals surface area contributed by atoms with Crippen molar-refractivity contribution in [3.05, 3.63) is 69.6 Å². The number of carbonyl (C=O) groups excluding carboxylic acids is 1. The van der Waals surface area contributed by atoms with Crippen molar-refractivity contribution in [2.24, 2.45) is 0 Å². The number of fused-ring (bicyclic) bond motifs is 1. The third-order valence-corrected chi connectivity index (χ3v) is 3.27. The van der Waals surface area contributed by atoms with E-state index in [1.54, 1.807) is 12.1 Å². The van der Waals surface area contributed by atoms with Crippen molar-refractivity contribution >= 4 is 28.8 Å². The fourth-order valence-corrected chi connectivity index (χ4v) is 2.38. The normalized spacial score (nSPS) is 13.9. The summed E-state index contributed by atoms with van der Waals surface area (Å²) in [6, 6.07) is 10.0. The van der Waals surface area contributed by atoms with Crippen molar-refractivity contribution in [1.82, 2.24) is 0 Å². The molecule has 0 atom stereocenters. The summed E-state index contributed by atoms with van der Waals surface area (Å²) >= 11 is 5.94.